The highest BCUT2D eigenvalue weighted by Gasteiger charge is 2.15. The Bertz CT molecular complexity index is 464. The molecular weight excluding hydrogens is 232 g/mol. The van der Waals surface area contributed by atoms with Crippen LogP contribution in [0.2, 0.25) is 0 Å². The summed E-state index contributed by atoms with van der Waals surface area (Å²) in [6, 6.07) is 0. The minimum Gasteiger partial charge on any atom is -0.481 e. The van der Waals surface area contributed by atoms with Crippen LogP contribution in [0.4, 0.5) is 0 Å². The summed E-state index contributed by atoms with van der Waals surface area (Å²) in [6.45, 7) is 2.57. The van der Waals surface area contributed by atoms with Crippen LogP contribution in [-0.2, 0) is 26.9 Å². The molecule has 0 amide bonds. The monoisotopic (exact) mass is 246 g/mol. The third-order valence-electron chi connectivity index (χ3n) is 2.02. The van der Waals surface area contributed by atoms with Crippen LogP contribution in [0.25, 0.3) is 0 Å². The van der Waals surface area contributed by atoms with Gasteiger partial charge in [0.2, 0.25) is 0 Å². The van der Waals surface area contributed by atoms with Crippen LogP contribution >= 0.6 is 0 Å². The number of carboxylic acids is 1. The van der Waals surface area contributed by atoms with Gasteiger partial charge in [-0.2, -0.15) is 5.10 Å². The fourth-order valence-electron chi connectivity index (χ4n) is 1.22. The molecule has 16 heavy (non-hydrogen) atoms. The topological polar surface area (TPSA) is 89.3 Å². The zero-order valence-corrected chi connectivity index (χ0v) is 9.77. The molecule has 0 atom stereocenters. The van der Waals surface area contributed by atoms with Crippen LogP contribution in [0.15, 0.2) is 12.4 Å². The number of nitrogens with zero attached hydrogens (tertiary/aromatic N) is 2. The molecule has 0 bridgehead atoms. The fourth-order valence-corrected chi connectivity index (χ4v) is 2.51. The van der Waals surface area contributed by atoms with E-state index in [1.807, 2.05) is 6.92 Å². The molecular formula is C9H14N2O4S. The van der Waals surface area contributed by atoms with Crippen molar-refractivity contribution in [3.8, 4) is 0 Å². The van der Waals surface area contributed by atoms with Gasteiger partial charge < -0.3 is 5.11 Å². The number of aryl methyl sites for hydroxylation is 1. The first-order chi connectivity index (χ1) is 7.43. The molecule has 1 aromatic heterocycles. The van der Waals surface area contributed by atoms with E-state index >= 15 is 0 Å². The van der Waals surface area contributed by atoms with E-state index in [-0.39, 0.29) is 17.9 Å². The maximum atomic E-state index is 11.5. The van der Waals surface area contributed by atoms with Gasteiger partial charge in [0.15, 0.2) is 9.84 Å². The molecule has 0 saturated heterocycles. The molecule has 0 aliphatic rings. The number of aliphatic carboxylic acids is 1. The van der Waals surface area contributed by atoms with Crippen molar-refractivity contribution < 1.29 is 18.3 Å². The lowest BCUT2D eigenvalue weighted by Crippen LogP contribution is -2.12. The summed E-state index contributed by atoms with van der Waals surface area (Å²) in [4.78, 5) is 10.3. The molecule has 1 heterocycles. The maximum Gasteiger partial charge on any atom is 0.304 e. The van der Waals surface area contributed by atoms with E-state index in [0.29, 0.717) is 12.1 Å². The van der Waals surface area contributed by atoms with Crippen LogP contribution in [0.5, 0.6) is 0 Å². The Morgan fingerprint density at radius 3 is 2.75 bits per heavy atom. The van der Waals surface area contributed by atoms with Gasteiger partial charge in [-0.15, -0.1) is 0 Å². The van der Waals surface area contributed by atoms with Crippen LogP contribution in [0, 0.1) is 0 Å². The lowest BCUT2D eigenvalue weighted by molar-refractivity contribution is -0.136. The Hall–Kier alpha value is -1.37. The van der Waals surface area contributed by atoms with Crippen molar-refractivity contribution in [1.82, 2.24) is 9.78 Å². The normalized spacial score (nSPS) is 11.6. The third-order valence-corrected chi connectivity index (χ3v) is 3.62. The van der Waals surface area contributed by atoms with Gasteiger partial charge in [0.1, 0.15) is 0 Å². The molecule has 0 aliphatic carbocycles. The fraction of sp³-hybridized carbons (Fsp3) is 0.556. The van der Waals surface area contributed by atoms with Crippen molar-refractivity contribution in [1.29, 1.82) is 0 Å². The first-order valence-corrected chi connectivity index (χ1v) is 6.68. The van der Waals surface area contributed by atoms with Gasteiger partial charge in [0.05, 0.1) is 24.1 Å². The number of rotatable bonds is 6. The number of hydrogen-bond donors (Lipinski definition) is 1. The second kappa shape index (κ2) is 5.11. The van der Waals surface area contributed by atoms with Crippen molar-refractivity contribution in [2.45, 2.75) is 25.6 Å². The lowest BCUT2D eigenvalue weighted by Gasteiger charge is -1.99. The molecule has 0 radical (unpaired) electrons. The molecule has 1 rings (SSSR count). The molecule has 90 valence electrons. The third kappa shape index (κ3) is 4.01. The summed E-state index contributed by atoms with van der Waals surface area (Å²) in [6.07, 6.45) is 2.78. The SMILES string of the molecule is CCn1cc(CS(=O)(=O)CCC(=O)O)cn1. The first kappa shape index (κ1) is 12.7. The van der Waals surface area contributed by atoms with Crippen molar-refractivity contribution in [3.63, 3.8) is 0 Å². The predicted molar refractivity (Wildman–Crippen MR) is 57.6 cm³/mol. The van der Waals surface area contributed by atoms with E-state index in [9.17, 15) is 13.2 Å². The van der Waals surface area contributed by atoms with E-state index in [2.05, 4.69) is 5.10 Å². The quantitative estimate of drug-likeness (QED) is 0.779. The predicted octanol–water partition coefficient (Wildman–Crippen LogP) is 0.292. The first-order valence-electron chi connectivity index (χ1n) is 4.86. The van der Waals surface area contributed by atoms with Gasteiger partial charge in [0, 0.05) is 18.3 Å². The second-order valence-electron chi connectivity index (χ2n) is 3.44. The molecule has 7 heteroatoms. The second-order valence-corrected chi connectivity index (χ2v) is 5.62. The van der Waals surface area contributed by atoms with E-state index < -0.39 is 15.8 Å². The summed E-state index contributed by atoms with van der Waals surface area (Å²) in [7, 11) is -3.36. The van der Waals surface area contributed by atoms with E-state index in [0.717, 1.165) is 0 Å². The van der Waals surface area contributed by atoms with Crippen LogP contribution in [0.1, 0.15) is 18.9 Å². The van der Waals surface area contributed by atoms with E-state index in [1.54, 1.807) is 10.9 Å². The zero-order chi connectivity index (χ0) is 12.2. The zero-order valence-electron chi connectivity index (χ0n) is 8.96. The molecule has 0 unspecified atom stereocenters. The Balaban J connectivity index is 2.61. The highest BCUT2D eigenvalue weighted by molar-refractivity contribution is 7.90. The summed E-state index contributed by atoms with van der Waals surface area (Å²) in [5, 5.41) is 12.4. The highest BCUT2D eigenvalue weighted by atomic mass is 32.2. The van der Waals surface area contributed by atoms with E-state index in [1.165, 1.54) is 6.20 Å². The summed E-state index contributed by atoms with van der Waals surface area (Å²) < 4.78 is 24.6. The van der Waals surface area contributed by atoms with Crippen molar-refractivity contribution in [2.24, 2.45) is 0 Å². The van der Waals surface area contributed by atoms with Gasteiger partial charge in [-0.05, 0) is 6.92 Å². The summed E-state index contributed by atoms with van der Waals surface area (Å²) in [5.41, 5.74) is 0.590. The highest BCUT2D eigenvalue weighted by Crippen LogP contribution is 2.06. The molecule has 0 saturated carbocycles. The van der Waals surface area contributed by atoms with Crippen molar-refractivity contribution in [3.05, 3.63) is 18.0 Å². The van der Waals surface area contributed by atoms with Gasteiger partial charge in [-0.1, -0.05) is 0 Å². The molecule has 0 fully saturated rings. The Labute approximate surface area is 93.8 Å². The number of aromatic nitrogens is 2. The molecule has 6 nitrogen and oxygen atoms in total. The molecule has 1 N–H and O–H groups in total. The maximum absolute atomic E-state index is 11.5. The van der Waals surface area contributed by atoms with Gasteiger partial charge in [0.25, 0.3) is 0 Å². The summed E-state index contributed by atoms with van der Waals surface area (Å²) in [5.74, 6) is -1.59. The Morgan fingerprint density at radius 1 is 1.56 bits per heavy atom. The van der Waals surface area contributed by atoms with Crippen molar-refractivity contribution in [2.75, 3.05) is 5.75 Å². The van der Waals surface area contributed by atoms with Gasteiger partial charge in [-0.3, -0.25) is 9.48 Å². The molecule has 0 aliphatic heterocycles. The van der Waals surface area contributed by atoms with Crippen molar-refractivity contribution >= 4 is 15.8 Å². The molecule has 1 aromatic rings. The van der Waals surface area contributed by atoms with Crippen LogP contribution < -0.4 is 0 Å². The molecule has 0 spiro atoms. The van der Waals surface area contributed by atoms with Crippen LogP contribution in [0.3, 0.4) is 0 Å². The van der Waals surface area contributed by atoms with Gasteiger partial charge >= 0.3 is 5.97 Å². The Kier molecular flexibility index (Phi) is 4.05. The lowest BCUT2D eigenvalue weighted by atomic mass is 10.4. The standard InChI is InChI=1S/C9H14N2O4S/c1-2-11-6-8(5-10-11)7-16(14,15)4-3-9(12)13/h5-6H,2-4,7H2,1H3,(H,12,13). The average molecular weight is 246 g/mol. The van der Waals surface area contributed by atoms with E-state index in [4.69, 9.17) is 5.11 Å². The summed E-state index contributed by atoms with van der Waals surface area (Å²) >= 11 is 0. The van der Waals surface area contributed by atoms with Crippen LogP contribution in [-0.4, -0.2) is 35.0 Å². The number of sulfone groups is 1. The smallest absolute Gasteiger partial charge is 0.304 e. The minimum atomic E-state index is -3.36. The number of carbonyl (C=O) groups is 1. The number of hydrogen-bond acceptors (Lipinski definition) is 4. The Morgan fingerprint density at radius 2 is 2.25 bits per heavy atom. The number of carboxylic acid groups (broad SMARTS) is 1. The minimum absolute atomic E-state index is 0.153. The molecule has 0 aromatic carbocycles. The van der Waals surface area contributed by atoms with Gasteiger partial charge in [-0.25, -0.2) is 8.42 Å². The largest absolute Gasteiger partial charge is 0.481 e. The average Bonchev–Trinajstić information content (AvgIpc) is 2.62.